The van der Waals surface area contributed by atoms with Crippen LogP contribution in [0.4, 0.5) is 5.69 Å². The lowest BCUT2D eigenvalue weighted by Crippen LogP contribution is -2.12. The molecule has 3 aromatic carbocycles. The number of para-hydroxylation sites is 2. The van der Waals surface area contributed by atoms with Gasteiger partial charge in [0.25, 0.3) is 11.7 Å². The van der Waals surface area contributed by atoms with Gasteiger partial charge in [0.15, 0.2) is 0 Å². The monoisotopic (exact) mass is 369 g/mol. The van der Waals surface area contributed by atoms with Crippen molar-refractivity contribution in [2.45, 2.75) is 0 Å². The van der Waals surface area contributed by atoms with Crippen molar-refractivity contribution >= 4 is 29.0 Å². The van der Waals surface area contributed by atoms with Gasteiger partial charge in [-0.3, -0.25) is 9.59 Å². The summed E-state index contributed by atoms with van der Waals surface area (Å²) in [4.78, 5) is 21.9. The Hall–Kier alpha value is -3.31. The van der Waals surface area contributed by atoms with Gasteiger partial charge in [-0.2, -0.15) is 0 Å². The largest absolute Gasteiger partial charge is 0.508 e. The lowest BCUT2D eigenvalue weighted by molar-refractivity contribution is -0.112. The molecular weight excluding hydrogens is 354 g/mol. The lowest BCUT2D eigenvalue weighted by Gasteiger charge is -1.94. The zero-order valence-electron chi connectivity index (χ0n) is 13.6. The number of ketones is 1. The summed E-state index contributed by atoms with van der Waals surface area (Å²) in [6.45, 7) is 0. The van der Waals surface area contributed by atoms with Gasteiger partial charge < -0.3 is 15.5 Å². The number of carbonyl (C=O) groups is 2. The van der Waals surface area contributed by atoms with Crippen molar-refractivity contribution in [2.75, 3.05) is 5.32 Å². The van der Waals surface area contributed by atoms with Crippen LogP contribution < -0.4 is 5.32 Å². The summed E-state index contributed by atoms with van der Waals surface area (Å²) in [6, 6.07) is 22.1. The summed E-state index contributed by atoms with van der Waals surface area (Å²) in [5, 5.41) is 20.1. The van der Waals surface area contributed by atoms with Gasteiger partial charge in [-0.25, -0.2) is 0 Å². The Morgan fingerprint density at radius 3 is 1.65 bits per heavy atom. The van der Waals surface area contributed by atoms with Crippen LogP contribution in [-0.4, -0.2) is 21.9 Å². The molecule has 0 spiro atoms. The third-order valence-corrected chi connectivity index (χ3v) is 3.43. The molecule has 0 unspecified atom stereocenters. The summed E-state index contributed by atoms with van der Waals surface area (Å²) in [7, 11) is 0. The van der Waals surface area contributed by atoms with Crippen LogP contribution >= 0.6 is 11.6 Å². The second-order valence-electron chi connectivity index (χ2n) is 5.14. The number of benzene rings is 3. The van der Waals surface area contributed by atoms with Crippen LogP contribution in [0.5, 0.6) is 11.5 Å². The highest BCUT2D eigenvalue weighted by Crippen LogP contribution is 2.25. The molecule has 1 aliphatic rings. The van der Waals surface area contributed by atoms with Gasteiger partial charge in [0.05, 0.1) is 11.3 Å². The van der Waals surface area contributed by atoms with E-state index in [1.54, 1.807) is 60.7 Å². The molecule has 5 nitrogen and oxygen atoms in total. The molecule has 0 saturated carbocycles. The molecule has 4 rings (SSSR count). The van der Waals surface area contributed by atoms with E-state index in [4.69, 9.17) is 21.8 Å². The molecule has 6 heteroatoms. The number of anilines is 1. The molecule has 3 N–H and O–H groups in total. The van der Waals surface area contributed by atoms with E-state index < -0.39 is 11.7 Å². The van der Waals surface area contributed by atoms with Crippen LogP contribution in [0.3, 0.4) is 0 Å². The van der Waals surface area contributed by atoms with E-state index in [0.717, 1.165) is 0 Å². The average molecular weight is 370 g/mol. The van der Waals surface area contributed by atoms with Crippen LogP contribution in [0.1, 0.15) is 10.4 Å². The number of Topliss-reactive ketones (excluding diaryl/α,β-unsaturated/α-hetero) is 1. The van der Waals surface area contributed by atoms with Gasteiger partial charge in [0.2, 0.25) is 0 Å². The van der Waals surface area contributed by atoms with Gasteiger partial charge in [0.1, 0.15) is 11.5 Å². The topological polar surface area (TPSA) is 86.6 Å². The van der Waals surface area contributed by atoms with E-state index in [1.165, 1.54) is 6.07 Å². The molecule has 0 fully saturated rings. The summed E-state index contributed by atoms with van der Waals surface area (Å²) in [5.74, 6) is -0.468. The zero-order valence-corrected chi connectivity index (χ0v) is 14.4. The first-order valence-electron chi connectivity index (χ1n) is 7.60. The van der Waals surface area contributed by atoms with Crippen molar-refractivity contribution in [1.29, 1.82) is 0 Å². The van der Waals surface area contributed by atoms with Crippen LogP contribution in [0.25, 0.3) is 0 Å². The molecule has 0 atom stereocenters. The molecule has 0 aliphatic carbocycles. The molecule has 3 aromatic rings. The Morgan fingerprint density at radius 1 is 0.731 bits per heavy atom. The van der Waals surface area contributed by atoms with Crippen LogP contribution in [0.2, 0.25) is 5.02 Å². The van der Waals surface area contributed by atoms with Gasteiger partial charge in [-0.15, -0.1) is 0 Å². The molecule has 1 amide bonds. The quantitative estimate of drug-likeness (QED) is 0.517. The average Bonchev–Trinajstić information content (AvgIpc) is 2.92. The number of phenols is 2. The van der Waals surface area contributed by atoms with Crippen molar-refractivity contribution in [2.24, 2.45) is 0 Å². The number of fused-ring (bicyclic) bond motifs is 1. The smallest absolute Gasteiger partial charge is 0.296 e. The zero-order chi connectivity index (χ0) is 18.9. The third-order valence-electron chi connectivity index (χ3n) is 3.19. The van der Waals surface area contributed by atoms with Gasteiger partial charge in [-0.1, -0.05) is 48.0 Å². The van der Waals surface area contributed by atoms with Crippen LogP contribution in [0.15, 0.2) is 78.9 Å². The van der Waals surface area contributed by atoms with Gasteiger partial charge in [-0.05, 0) is 42.5 Å². The molecule has 0 radical (unpaired) electrons. The third kappa shape index (κ3) is 5.65. The molecule has 1 heterocycles. The number of hydrogen-bond acceptors (Lipinski definition) is 4. The summed E-state index contributed by atoms with van der Waals surface area (Å²) in [5.41, 5.74) is 0.891. The Balaban J connectivity index is 0.000000150. The summed E-state index contributed by atoms with van der Waals surface area (Å²) < 4.78 is 0. The Kier molecular flexibility index (Phi) is 6.76. The fourth-order valence-electron chi connectivity index (χ4n) is 1.97. The van der Waals surface area contributed by atoms with E-state index >= 15 is 0 Å². The van der Waals surface area contributed by atoms with Gasteiger partial charge >= 0.3 is 0 Å². The Morgan fingerprint density at radius 2 is 1.23 bits per heavy atom. The van der Waals surface area contributed by atoms with E-state index in [2.05, 4.69) is 5.32 Å². The first-order chi connectivity index (χ1) is 12.5. The minimum Gasteiger partial charge on any atom is -0.508 e. The number of halogens is 1. The fourth-order valence-corrected chi connectivity index (χ4v) is 2.14. The minimum absolute atomic E-state index is 0.322. The van der Waals surface area contributed by atoms with Crippen molar-refractivity contribution in [1.82, 2.24) is 0 Å². The number of nitrogens with one attached hydrogen (secondary N) is 1. The van der Waals surface area contributed by atoms with Crippen molar-refractivity contribution in [3.05, 3.63) is 89.4 Å². The number of aromatic hydroxyl groups is 2. The molecule has 26 heavy (non-hydrogen) atoms. The predicted octanol–water partition coefficient (Wildman–Crippen LogP) is 4.26. The summed E-state index contributed by atoms with van der Waals surface area (Å²) in [6.07, 6.45) is 0. The number of phenolic OH excluding ortho intramolecular Hbond substituents is 2. The molecule has 132 valence electrons. The second-order valence-corrected chi connectivity index (χ2v) is 5.58. The minimum atomic E-state index is -0.590. The van der Waals surface area contributed by atoms with E-state index in [-0.39, 0.29) is 0 Å². The number of amides is 1. The number of hydrogen-bond donors (Lipinski definition) is 3. The highest BCUT2D eigenvalue weighted by Gasteiger charge is 2.27. The molecule has 1 aliphatic heterocycles. The number of rotatable bonds is 0. The van der Waals surface area contributed by atoms with Crippen LogP contribution in [0, 0.1) is 0 Å². The second kappa shape index (κ2) is 9.25. The Bertz CT molecular complexity index is 845. The molecule has 0 aromatic heterocycles. The molecule has 0 saturated heterocycles. The van der Waals surface area contributed by atoms with E-state index in [9.17, 15) is 9.59 Å². The van der Waals surface area contributed by atoms with E-state index in [1.807, 2.05) is 12.1 Å². The predicted molar refractivity (Wildman–Crippen MR) is 101 cm³/mol. The maximum atomic E-state index is 11.1. The highest BCUT2D eigenvalue weighted by molar-refractivity contribution is 6.52. The first kappa shape index (κ1) is 19.0. The first-order valence-corrected chi connectivity index (χ1v) is 7.98. The maximum absolute atomic E-state index is 11.1. The standard InChI is InChI=1S/C8H4ClNO2.2C6H6O/c9-4-1-2-6-5(3-4)7(11)8(12)10-6;2*7-6-4-2-1-3-5-6/h1-3H,(H,10,11,12);2*1-5,7H. The SMILES string of the molecule is O=C1Nc2ccc(Cl)cc2C1=O.Oc1ccccc1.Oc1ccccc1. The van der Waals surface area contributed by atoms with Crippen molar-refractivity contribution in [3.63, 3.8) is 0 Å². The van der Waals surface area contributed by atoms with Crippen molar-refractivity contribution in [3.8, 4) is 11.5 Å². The molecular formula is C20H16ClNO4. The molecule has 0 bridgehead atoms. The van der Waals surface area contributed by atoms with Crippen molar-refractivity contribution < 1.29 is 19.8 Å². The van der Waals surface area contributed by atoms with Crippen LogP contribution in [-0.2, 0) is 4.79 Å². The normalized spacial score (nSPS) is 11.3. The Labute approximate surface area is 155 Å². The number of carbonyl (C=O) groups excluding carboxylic acids is 2. The fraction of sp³-hybridized carbons (Fsp3) is 0. The lowest BCUT2D eigenvalue weighted by atomic mass is 10.1. The summed E-state index contributed by atoms with van der Waals surface area (Å²) >= 11 is 5.65. The van der Waals surface area contributed by atoms with Gasteiger partial charge in [0, 0.05) is 5.02 Å². The maximum Gasteiger partial charge on any atom is 0.296 e. The highest BCUT2D eigenvalue weighted by atomic mass is 35.5. The van der Waals surface area contributed by atoms with E-state index in [0.29, 0.717) is 27.8 Å².